The van der Waals surface area contributed by atoms with Gasteiger partial charge in [-0.15, -0.1) is 0 Å². The maximum absolute atomic E-state index is 10.4. The largest absolute Gasteiger partial charge is 0.549 e. The Morgan fingerprint density at radius 2 is 2.09 bits per heavy atom. The molecule has 0 amide bonds. The third-order valence-corrected chi connectivity index (χ3v) is 2.52. The molecule has 11 heavy (non-hydrogen) atoms. The van der Waals surface area contributed by atoms with Crippen molar-refractivity contribution in [3.8, 4) is 0 Å². The van der Waals surface area contributed by atoms with E-state index in [1.165, 1.54) is 0 Å². The summed E-state index contributed by atoms with van der Waals surface area (Å²) < 4.78 is 10.4. The van der Waals surface area contributed by atoms with Gasteiger partial charge in [-0.25, -0.2) is 0 Å². The Morgan fingerprint density at radius 1 is 1.64 bits per heavy atom. The molecule has 6 heteroatoms. The quantitative estimate of drug-likeness (QED) is 0.546. The van der Waals surface area contributed by atoms with Crippen LogP contribution in [0.4, 0.5) is 0 Å². The average Bonchev–Trinajstić information content (AvgIpc) is 1.79. The lowest BCUT2D eigenvalue weighted by Crippen LogP contribution is -2.35. The van der Waals surface area contributed by atoms with Gasteiger partial charge in [0.15, 0.2) is 0 Å². The fraction of sp³-hybridized carbons (Fsp3) is 0.800. The highest BCUT2D eigenvalue weighted by Crippen LogP contribution is 2.42. The van der Waals surface area contributed by atoms with Crippen molar-refractivity contribution in [1.82, 2.24) is 0 Å². The monoisotopic (exact) mass is 181 g/mol. The minimum atomic E-state index is -4.51. The SMILES string of the molecule is CCCC(C(=O)[O-])P(=O)(O)O. The zero-order valence-corrected chi connectivity index (χ0v) is 6.95. The summed E-state index contributed by atoms with van der Waals surface area (Å²) in [4.78, 5) is 27.1. The van der Waals surface area contributed by atoms with Crippen molar-refractivity contribution in [3.63, 3.8) is 0 Å². The normalized spacial score (nSPS) is 14.5. The van der Waals surface area contributed by atoms with Crippen LogP contribution in [0.1, 0.15) is 19.8 Å². The number of hydrogen-bond donors (Lipinski definition) is 2. The lowest BCUT2D eigenvalue weighted by atomic mass is 10.2. The Balaban J connectivity index is 4.35. The number of hydrogen-bond acceptors (Lipinski definition) is 3. The number of rotatable bonds is 4. The molecule has 0 bridgehead atoms. The average molecular weight is 181 g/mol. The molecule has 0 rings (SSSR count). The summed E-state index contributed by atoms with van der Waals surface area (Å²) in [5, 5.41) is 10.1. The molecule has 5 nitrogen and oxygen atoms in total. The minimum absolute atomic E-state index is 0.0490. The standard InChI is InChI=1S/C5H11O5P/c1-2-3-4(5(6)7)11(8,9)10/h4H,2-3H2,1H3,(H,6,7)(H2,8,9,10)/p-1. The lowest BCUT2D eigenvalue weighted by Gasteiger charge is -2.17. The second-order valence-electron chi connectivity index (χ2n) is 2.21. The van der Waals surface area contributed by atoms with Gasteiger partial charge in [-0.05, 0) is 6.42 Å². The van der Waals surface area contributed by atoms with Crippen molar-refractivity contribution in [2.75, 3.05) is 0 Å². The first kappa shape index (κ1) is 10.6. The summed E-state index contributed by atoms with van der Waals surface area (Å²) in [6, 6.07) is 0. The summed E-state index contributed by atoms with van der Waals surface area (Å²) >= 11 is 0. The van der Waals surface area contributed by atoms with Crippen molar-refractivity contribution in [3.05, 3.63) is 0 Å². The van der Waals surface area contributed by atoms with E-state index in [4.69, 9.17) is 9.79 Å². The van der Waals surface area contributed by atoms with Crippen LogP contribution in [0.3, 0.4) is 0 Å². The van der Waals surface area contributed by atoms with Crippen LogP contribution in [0.25, 0.3) is 0 Å². The number of aliphatic carboxylic acids is 1. The minimum Gasteiger partial charge on any atom is -0.549 e. The van der Waals surface area contributed by atoms with Crippen molar-refractivity contribution in [1.29, 1.82) is 0 Å². The van der Waals surface area contributed by atoms with Gasteiger partial charge in [0.1, 0.15) is 5.66 Å². The smallest absolute Gasteiger partial charge is 0.334 e. The Bertz CT molecular complexity index is 183. The summed E-state index contributed by atoms with van der Waals surface area (Å²) in [6.45, 7) is 1.64. The number of carboxylic acids is 1. The highest BCUT2D eigenvalue weighted by Gasteiger charge is 2.28. The van der Waals surface area contributed by atoms with Gasteiger partial charge in [-0.3, -0.25) is 4.57 Å². The molecule has 0 heterocycles. The number of carbonyl (C=O) groups is 1. The van der Waals surface area contributed by atoms with E-state index in [-0.39, 0.29) is 6.42 Å². The van der Waals surface area contributed by atoms with Gasteiger partial charge in [-0.1, -0.05) is 13.3 Å². The Hall–Kier alpha value is -0.380. The molecule has 2 N–H and O–H groups in total. The molecule has 1 atom stereocenters. The van der Waals surface area contributed by atoms with Crippen molar-refractivity contribution in [2.24, 2.45) is 0 Å². The predicted molar refractivity (Wildman–Crippen MR) is 35.7 cm³/mol. The van der Waals surface area contributed by atoms with E-state index in [0.29, 0.717) is 6.42 Å². The van der Waals surface area contributed by atoms with Crippen LogP contribution in [0.15, 0.2) is 0 Å². The van der Waals surface area contributed by atoms with Crippen molar-refractivity contribution in [2.45, 2.75) is 25.4 Å². The zero-order valence-electron chi connectivity index (χ0n) is 6.06. The van der Waals surface area contributed by atoms with Gasteiger partial charge >= 0.3 is 7.60 Å². The van der Waals surface area contributed by atoms with Crippen LogP contribution in [0.2, 0.25) is 0 Å². The van der Waals surface area contributed by atoms with Crippen LogP contribution in [-0.2, 0) is 9.36 Å². The first-order valence-electron chi connectivity index (χ1n) is 3.15. The van der Waals surface area contributed by atoms with Crippen molar-refractivity contribution >= 4 is 13.6 Å². The summed E-state index contributed by atoms with van der Waals surface area (Å²) in [5.74, 6) is -1.68. The van der Waals surface area contributed by atoms with Crippen LogP contribution in [-0.4, -0.2) is 21.4 Å². The molecule has 0 aliphatic heterocycles. The maximum Gasteiger partial charge on any atom is 0.334 e. The molecule has 0 aromatic rings. The highest BCUT2D eigenvalue weighted by atomic mass is 31.2. The van der Waals surface area contributed by atoms with Gasteiger partial charge in [0.2, 0.25) is 0 Å². The molecular formula is C5H10O5P-. The van der Waals surface area contributed by atoms with Crippen LogP contribution in [0, 0.1) is 0 Å². The maximum atomic E-state index is 10.4. The number of carboxylic acid groups (broad SMARTS) is 1. The van der Waals surface area contributed by atoms with Gasteiger partial charge < -0.3 is 19.7 Å². The van der Waals surface area contributed by atoms with Crippen LogP contribution >= 0.6 is 7.60 Å². The van der Waals surface area contributed by atoms with E-state index < -0.39 is 19.2 Å². The third kappa shape index (κ3) is 3.51. The molecule has 0 spiro atoms. The number of carbonyl (C=O) groups excluding carboxylic acids is 1. The molecule has 0 fully saturated rings. The molecule has 0 aromatic carbocycles. The van der Waals surface area contributed by atoms with E-state index in [9.17, 15) is 14.5 Å². The van der Waals surface area contributed by atoms with Crippen LogP contribution < -0.4 is 5.11 Å². The van der Waals surface area contributed by atoms with E-state index in [2.05, 4.69) is 0 Å². The molecule has 0 saturated heterocycles. The Kier molecular flexibility index (Phi) is 3.72. The van der Waals surface area contributed by atoms with E-state index >= 15 is 0 Å². The molecule has 0 radical (unpaired) electrons. The fourth-order valence-electron chi connectivity index (χ4n) is 0.697. The second kappa shape index (κ2) is 3.85. The zero-order chi connectivity index (χ0) is 9.07. The van der Waals surface area contributed by atoms with Crippen LogP contribution in [0.5, 0.6) is 0 Å². The summed E-state index contributed by atoms with van der Waals surface area (Å²) in [7, 11) is -4.51. The topological polar surface area (TPSA) is 97.7 Å². The summed E-state index contributed by atoms with van der Waals surface area (Å²) in [5.41, 5.74) is -1.65. The molecular weight excluding hydrogens is 171 g/mol. The first-order chi connectivity index (χ1) is 4.89. The third-order valence-electron chi connectivity index (χ3n) is 1.24. The van der Waals surface area contributed by atoms with E-state index in [0.717, 1.165) is 0 Å². The molecule has 0 saturated carbocycles. The van der Waals surface area contributed by atoms with E-state index in [1.807, 2.05) is 0 Å². The van der Waals surface area contributed by atoms with Gasteiger partial charge in [0, 0.05) is 0 Å². The van der Waals surface area contributed by atoms with Gasteiger partial charge in [-0.2, -0.15) is 0 Å². The Morgan fingerprint density at radius 3 is 2.18 bits per heavy atom. The highest BCUT2D eigenvalue weighted by molar-refractivity contribution is 7.53. The van der Waals surface area contributed by atoms with E-state index in [1.54, 1.807) is 6.92 Å². The molecule has 0 aliphatic rings. The molecule has 0 aliphatic carbocycles. The lowest BCUT2D eigenvalue weighted by molar-refractivity contribution is -0.305. The van der Waals surface area contributed by atoms with Gasteiger partial charge in [0.05, 0.1) is 5.97 Å². The van der Waals surface area contributed by atoms with Crippen molar-refractivity contribution < 1.29 is 24.3 Å². The Labute approximate surface area is 64.2 Å². The second-order valence-corrected chi connectivity index (χ2v) is 4.01. The van der Waals surface area contributed by atoms with Gasteiger partial charge in [0.25, 0.3) is 0 Å². The fourth-order valence-corrected chi connectivity index (χ4v) is 1.57. The molecule has 1 unspecified atom stereocenters. The first-order valence-corrected chi connectivity index (χ1v) is 4.83. The predicted octanol–water partition coefficient (Wildman–Crippen LogP) is -0.917. The molecule has 0 aromatic heterocycles. The molecule has 66 valence electrons. The summed E-state index contributed by atoms with van der Waals surface area (Å²) in [6.07, 6.45) is 0.358.